The highest BCUT2D eigenvalue weighted by Gasteiger charge is 2.30. The van der Waals surface area contributed by atoms with Crippen LogP contribution in [0.25, 0.3) is 0 Å². The molecule has 5 N–H and O–H groups in total. The average Bonchev–Trinajstić information content (AvgIpc) is 2.29. The molecule has 0 aliphatic carbocycles. The van der Waals surface area contributed by atoms with Gasteiger partial charge in [0.1, 0.15) is 11.9 Å². The summed E-state index contributed by atoms with van der Waals surface area (Å²) in [4.78, 5) is 20.0. The Morgan fingerprint density at radius 2 is 2.00 bits per heavy atom. The molecule has 1 aromatic carbocycles. The lowest BCUT2D eigenvalue weighted by Crippen LogP contribution is -2.34. The van der Waals surface area contributed by atoms with E-state index in [4.69, 9.17) is 10.8 Å². The Bertz CT molecular complexity index is 506. The lowest BCUT2D eigenvalue weighted by atomic mass is 10.0. The number of carbonyl (C=O) groups is 1. The number of halogens is 1. The van der Waals surface area contributed by atoms with Crippen molar-refractivity contribution in [1.29, 1.82) is 0 Å². The van der Waals surface area contributed by atoms with Gasteiger partial charge >= 0.3 is 5.69 Å². The predicted octanol–water partition coefficient (Wildman–Crippen LogP) is -0.681. The number of nitrogens with zero attached hydrogens (tertiary/aromatic N) is 1. The van der Waals surface area contributed by atoms with Crippen LogP contribution in [0.1, 0.15) is 11.7 Å². The van der Waals surface area contributed by atoms with Gasteiger partial charge in [-0.3, -0.25) is 14.9 Å². The SMILES string of the molecule is NC(=O)C(O)C(O)c1cc(F)cc([N+](=O)[O-])c1O. The third kappa shape index (κ3) is 2.52. The molecule has 0 aliphatic rings. The van der Waals surface area contributed by atoms with Crippen LogP contribution in [-0.2, 0) is 4.79 Å². The zero-order valence-corrected chi connectivity index (χ0v) is 8.78. The zero-order chi connectivity index (χ0) is 14.0. The maximum absolute atomic E-state index is 13.1. The van der Waals surface area contributed by atoms with Gasteiger partial charge in [0.25, 0.3) is 0 Å². The number of nitro groups is 1. The molecule has 1 aromatic rings. The second-order valence-corrected chi connectivity index (χ2v) is 3.41. The van der Waals surface area contributed by atoms with Crippen molar-refractivity contribution in [2.45, 2.75) is 12.2 Å². The number of carbonyl (C=O) groups excluding carboxylic acids is 1. The number of phenols is 1. The van der Waals surface area contributed by atoms with Gasteiger partial charge in [0, 0.05) is 5.56 Å². The van der Waals surface area contributed by atoms with E-state index in [2.05, 4.69) is 0 Å². The Labute approximate surface area is 99.2 Å². The minimum Gasteiger partial charge on any atom is -0.502 e. The van der Waals surface area contributed by atoms with Gasteiger partial charge < -0.3 is 21.1 Å². The van der Waals surface area contributed by atoms with E-state index < -0.39 is 45.9 Å². The van der Waals surface area contributed by atoms with Gasteiger partial charge in [-0.05, 0) is 6.07 Å². The molecule has 0 saturated carbocycles. The molecule has 8 nitrogen and oxygen atoms in total. The molecule has 1 rings (SSSR count). The Morgan fingerprint density at radius 1 is 1.44 bits per heavy atom. The quantitative estimate of drug-likeness (QED) is 0.416. The molecule has 0 saturated heterocycles. The highest BCUT2D eigenvalue weighted by atomic mass is 19.1. The van der Waals surface area contributed by atoms with Crippen molar-refractivity contribution in [2.75, 3.05) is 0 Å². The average molecular weight is 260 g/mol. The van der Waals surface area contributed by atoms with Crippen LogP contribution in [-0.4, -0.2) is 32.3 Å². The molecular weight excluding hydrogens is 251 g/mol. The van der Waals surface area contributed by atoms with Gasteiger partial charge in [0.15, 0.2) is 6.10 Å². The van der Waals surface area contributed by atoms with Crippen LogP contribution in [0, 0.1) is 15.9 Å². The van der Waals surface area contributed by atoms with E-state index in [9.17, 15) is 29.5 Å². The summed E-state index contributed by atoms with van der Waals surface area (Å²) in [5.41, 5.74) is 3.00. The van der Waals surface area contributed by atoms with Crippen LogP contribution >= 0.6 is 0 Å². The molecular formula is C9H9FN2O6. The van der Waals surface area contributed by atoms with E-state index >= 15 is 0 Å². The van der Waals surface area contributed by atoms with Crippen molar-refractivity contribution in [3.8, 4) is 5.75 Å². The normalized spacial score (nSPS) is 13.9. The molecule has 1 amide bonds. The number of nitro benzene ring substituents is 1. The molecule has 0 bridgehead atoms. The van der Waals surface area contributed by atoms with Gasteiger partial charge in [-0.25, -0.2) is 4.39 Å². The number of phenolic OH excluding ortho intramolecular Hbond substituents is 1. The molecule has 9 heteroatoms. The Kier molecular flexibility index (Phi) is 3.79. The lowest BCUT2D eigenvalue weighted by Gasteiger charge is -2.16. The minimum absolute atomic E-state index is 0.433. The number of hydrogen-bond donors (Lipinski definition) is 4. The van der Waals surface area contributed by atoms with E-state index in [1.165, 1.54) is 0 Å². The van der Waals surface area contributed by atoms with Gasteiger partial charge in [-0.2, -0.15) is 0 Å². The number of aliphatic hydroxyl groups is 2. The van der Waals surface area contributed by atoms with Gasteiger partial charge in [0.2, 0.25) is 11.7 Å². The fourth-order valence-electron chi connectivity index (χ4n) is 1.30. The van der Waals surface area contributed by atoms with Crippen LogP contribution in [0.4, 0.5) is 10.1 Å². The highest BCUT2D eigenvalue weighted by molar-refractivity contribution is 5.79. The number of primary amides is 1. The summed E-state index contributed by atoms with van der Waals surface area (Å²) in [5, 5.41) is 38.6. The number of nitrogens with two attached hydrogens (primary N) is 1. The van der Waals surface area contributed by atoms with Crippen LogP contribution in [0.3, 0.4) is 0 Å². The molecule has 0 spiro atoms. The predicted molar refractivity (Wildman–Crippen MR) is 54.9 cm³/mol. The minimum atomic E-state index is -2.13. The summed E-state index contributed by atoms with van der Waals surface area (Å²) in [6, 6.07) is 0.987. The van der Waals surface area contributed by atoms with E-state index in [1.807, 2.05) is 0 Å². The first-order valence-electron chi connectivity index (χ1n) is 4.58. The lowest BCUT2D eigenvalue weighted by molar-refractivity contribution is -0.386. The fraction of sp³-hybridized carbons (Fsp3) is 0.222. The molecule has 18 heavy (non-hydrogen) atoms. The number of aromatic hydroxyl groups is 1. The molecule has 98 valence electrons. The molecule has 0 heterocycles. The summed E-state index contributed by atoms with van der Waals surface area (Å²) >= 11 is 0. The van der Waals surface area contributed by atoms with Gasteiger partial charge in [-0.15, -0.1) is 0 Å². The topological polar surface area (TPSA) is 147 Å². The van der Waals surface area contributed by atoms with E-state index in [0.29, 0.717) is 12.1 Å². The van der Waals surface area contributed by atoms with Crippen molar-refractivity contribution in [1.82, 2.24) is 0 Å². The largest absolute Gasteiger partial charge is 0.502 e. The monoisotopic (exact) mass is 260 g/mol. The first-order chi connectivity index (χ1) is 8.25. The van der Waals surface area contributed by atoms with Crippen molar-refractivity contribution in [2.24, 2.45) is 5.73 Å². The first-order valence-corrected chi connectivity index (χ1v) is 4.58. The summed E-state index contributed by atoms with van der Waals surface area (Å²) in [6.07, 6.45) is -4.20. The maximum atomic E-state index is 13.1. The Morgan fingerprint density at radius 3 is 2.44 bits per heavy atom. The molecule has 0 fully saturated rings. The molecule has 2 atom stereocenters. The highest BCUT2D eigenvalue weighted by Crippen LogP contribution is 2.35. The number of aliphatic hydroxyl groups excluding tert-OH is 2. The van der Waals surface area contributed by atoms with Crippen LogP contribution in [0.2, 0.25) is 0 Å². The number of rotatable bonds is 4. The number of benzene rings is 1. The summed E-state index contributed by atoms with van der Waals surface area (Å²) in [7, 11) is 0. The van der Waals surface area contributed by atoms with E-state index in [1.54, 1.807) is 0 Å². The second kappa shape index (κ2) is 4.94. The van der Waals surface area contributed by atoms with Crippen molar-refractivity contribution < 1.29 is 29.4 Å². The fourth-order valence-corrected chi connectivity index (χ4v) is 1.30. The second-order valence-electron chi connectivity index (χ2n) is 3.41. The van der Waals surface area contributed by atoms with Crippen molar-refractivity contribution in [3.63, 3.8) is 0 Å². The Hall–Kier alpha value is -2.26. The number of amides is 1. The van der Waals surface area contributed by atoms with E-state index in [0.717, 1.165) is 0 Å². The molecule has 0 aliphatic heterocycles. The third-order valence-corrected chi connectivity index (χ3v) is 2.19. The smallest absolute Gasteiger partial charge is 0.314 e. The summed E-state index contributed by atoms with van der Waals surface area (Å²) in [5.74, 6) is -3.49. The zero-order valence-electron chi connectivity index (χ0n) is 8.78. The number of hydrogen-bond acceptors (Lipinski definition) is 6. The first kappa shape index (κ1) is 13.8. The molecule has 2 unspecified atom stereocenters. The third-order valence-electron chi connectivity index (χ3n) is 2.19. The van der Waals surface area contributed by atoms with Crippen LogP contribution in [0.15, 0.2) is 12.1 Å². The van der Waals surface area contributed by atoms with Gasteiger partial charge in [-0.1, -0.05) is 0 Å². The van der Waals surface area contributed by atoms with Crippen LogP contribution < -0.4 is 5.73 Å². The molecule has 0 aromatic heterocycles. The Balaban J connectivity index is 3.32. The van der Waals surface area contributed by atoms with Crippen molar-refractivity contribution in [3.05, 3.63) is 33.6 Å². The van der Waals surface area contributed by atoms with Crippen LogP contribution in [0.5, 0.6) is 5.75 Å². The van der Waals surface area contributed by atoms with Gasteiger partial charge in [0.05, 0.1) is 11.0 Å². The maximum Gasteiger partial charge on any atom is 0.314 e. The summed E-state index contributed by atoms with van der Waals surface area (Å²) in [6.45, 7) is 0. The standard InChI is InChI=1S/C9H9FN2O6/c10-3-1-4(7(14)8(15)9(11)16)6(13)5(2-3)12(17)18/h1-2,7-8,13-15H,(H2,11,16). The molecule has 0 radical (unpaired) electrons. The van der Waals surface area contributed by atoms with E-state index in [-0.39, 0.29) is 0 Å². The summed E-state index contributed by atoms with van der Waals surface area (Å²) < 4.78 is 13.1. The van der Waals surface area contributed by atoms with Crippen molar-refractivity contribution >= 4 is 11.6 Å².